The van der Waals surface area contributed by atoms with E-state index in [0.29, 0.717) is 11.3 Å². The van der Waals surface area contributed by atoms with Crippen molar-refractivity contribution in [2.24, 2.45) is 0 Å². The summed E-state index contributed by atoms with van der Waals surface area (Å²) in [5.41, 5.74) is 3.00. The van der Waals surface area contributed by atoms with Crippen molar-refractivity contribution in [1.82, 2.24) is 4.98 Å². The standard InChI is InChI=1S/C16H14N2O3/c1-20-13-4-2-3-11(7-13)8-16(19)18-12-5-6-14-15(9-12)21-10-17-14/h2-7,9-10H,8H2,1H3,(H,18,19). The second-order valence-electron chi connectivity index (χ2n) is 4.61. The molecule has 5 heteroatoms. The predicted molar refractivity (Wildman–Crippen MR) is 79.3 cm³/mol. The minimum Gasteiger partial charge on any atom is -0.497 e. The van der Waals surface area contributed by atoms with Crippen molar-refractivity contribution >= 4 is 22.7 Å². The Kier molecular flexibility index (Phi) is 3.55. The van der Waals surface area contributed by atoms with Gasteiger partial charge in [-0.05, 0) is 29.8 Å². The number of rotatable bonds is 4. The van der Waals surface area contributed by atoms with Crippen molar-refractivity contribution in [1.29, 1.82) is 0 Å². The molecule has 21 heavy (non-hydrogen) atoms. The molecule has 1 amide bonds. The van der Waals surface area contributed by atoms with Gasteiger partial charge in [0.15, 0.2) is 12.0 Å². The Balaban J connectivity index is 1.70. The maximum atomic E-state index is 12.1. The molecule has 1 aromatic heterocycles. The van der Waals surface area contributed by atoms with E-state index in [-0.39, 0.29) is 12.3 Å². The van der Waals surface area contributed by atoms with E-state index in [2.05, 4.69) is 10.3 Å². The van der Waals surface area contributed by atoms with E-state index in [1.165, 1.54) is 6.39 Å². The molecule has 0 radical (unpaired) electrons. The molecule has 0 atom stereocenters. The largest absolute Gasteiger partial charge is 0.497 e. The van der Waals surface area contributed by atoms with Gasteiger partial charge in [0.1, 0.15) is 11.3 Å². The van der Waals surface area contributed by atoms with Gasteiger partial charge in [0.2, 0.25) is 5.91 Å². The lowest BCUT2D eigenvalue weighted by Crippen LogP contribution is -2.14. The van der Waals surface area contributed by atoms with Crippen LogP contribution in [-0.4, -0.2) is 18.0 Å². The molecule has 3 rings (SSSR count). The lowest BCUT2D eigenvalue weighted by atomic mass is 10.1. The normalized spacial score (nSPS) is 10.5. The van der Waals surface area contributed by atoms with Gasteiger partial charge in [0, 0.05) is 11.8 Å². The summed E-state index contributed by atoms with van der Waals surface area (Å²) in [5.74, 6) is 0.644. The van der Waals surface area contributed by atoms with E-state index in [1.807, 2.05) is 24.3 Å². The van der Waals surface area contributed by atoms with Crippen LogP contribution in [0.5, 0.6) is 5.75 Å². The zero-order valence-electron chi connectivity index (χ0n) is 11.5. The van der Waals surface area contributed by atoms with Crippen LogP contribution in [0, 0.1) is 0 Å². The van der Waals surface area contributed by atoms with Gasteiger partial charge in [-0.25, -0.2) is 4.98 Å². The number of hydrogen-bond acceptors (Lipinski definition) is 4. The molecule has 0 aliphatic carbocycles. The first-order chi connectivity index (χ1) is 10.2. The number of carbonyl (C=O) groups excluding carboxylic acids is 1. The van der Waals surface area contributed by atoms with Crippen LogP contribution >= 0.6 is 0 Å². The van der Waals surface area contributed by atoms with Crippen molar-refractivity contribution in [2.75, 3.05) is 12.4 Å². The first kappa shape index (κ1) is 13.2. The zero-order chi connectivity index (χ0) is 14.7. The van der Waals surface area contributed by atoms with Gasteiger partial charge in [0.05, 0.1) is 13.5 Å². The number of nitrogens with zero attached hydrogens (tertiary/aromatic N) is 1. The van der Waals surface area contributed by atoms with Crippen LogP contribution < -0.4 is 10.1 Å². The summed E-state index contributed by atoms with van der Waals surface area (Å²) in [6, 6.07) is 12.8. The van der Waals surface area contributed by atoms with E-state index in [9.17, 15) is 4.79 Å². The topological polar surface area (TPSA) is 64.4 Å². The van der Waals surface area contributed by atoms with Crippen LogP contribution in [0.2, 0.25) is 0 Å². The molecular formula is C16H14N2O3. The number of carbonyl (C=O) groups is 1. The molecule has 106 valence electrons. The van der Waals surface area contributed by atoms with Gasteiger partial charge in [-0.2, -0.15) is 0 Å². The number of hydrogen-bond donors (Lipinski definition) is 1. The molecule has 1 heterocycles. The molecule has 0 spiro atoms. The van der Waals surface area contributed by atoms with E-state index in [0.717, 1.165) is 16.8 Å². The van der Waals surface area contributed by atoms with Crippen LogP contribution in [0.4, 0.5) is 5.69 Å². The molecular weight excluding hydrogens is 268 g/mol. The van der Waals surface area contributed by atoms with Crippen molar-refractivity contribution in [3.05, 3.63) is 54.4 Å². The highest BCUT2D eigenvalue weighted by molar-refractivity contribution is 5.94. The van der Waals surface area contributed by atoms with Crippen molar-refractivity contribution in [2.45, 2.75) is 6.42 Å². The summed E-state index contributed by atoms with van der Waals surface area (Å²) in [4.78, 5) is 16.1. The number of ether oxygens (including phenoxy) is 1. The molecule has 0 saturated heterocycles. The Morgan fingerprint density at radius 1 is 1.29 bits per heavy atom. The summed E-state index contributed by atoms with van der Waals surface area (Å²) in [6.07, 6.45) is 1.66. The number of fused-ring (bicyclic) bond motifs is 1. The second-order valence-corrected chi connectivity index (χ2v) is 4.61. The highest BCUT2D eigenvalue weighted by Crippen LogP contribution is 2.18. The van der Waals surface area contributed by atoms with Gasteiger partial charge in [-0.3, -0.25) is 4.79 Å². The molecule has 0 aliphatic heterocycles. The first-order valence-corrected chi connectivity index (χ1v) is 6.50. The van der Waals surface area contributed by atoms with Gasteiger partial charge in [-0.1, -0.05) is 12.1 Å². The van der Waals surface area contributed by atoms with Crippen LogP contribution in [0.25, 0.3) is 11.1 Å². The fraction of sp³-hybridized carbons (Fsp3) is 0.125. The number of amides is 1. The predicted octanol–water partition coefficient (Wildman–Crippen LogP) is 3.02. The Morgan fingerprint density at radius 3 is 3.05 bits per heavy atom. The molecule has 3 aromatic rings. The fourth-order valence-corrected chi connectivity index (χ4v) is 2.11. The van der Waals surface area contributed by atoms with Crippen LogP contribution in [0.3, 0.4) is 0 Å². The number of methoxy groups -OCH3 is 1. The summed E-state index contributed by atoms with van der Waals surface area (Å²) in [6.45, 7) is 0. The summed E-state index contributed by atoms with van der Waals surface area (Å²) in [7, 11) is 1.60. The number of anilines is 1. The van der Waals surface area contributed by atoms with Gasteiger partial charge in [-0.15, -0.1) is 0 Å². The van der Waals surface area contributed by atoms with Crippen molar-refractivity contribution < 1.29 is 13.9 Å². The first-order valence-electron chi connectivity index (χ1n) is 6.50. The summed E-state index contributed by atoms with van der Waals surface area (Å²) in [5, 5.41) is 2.84. The SMILES string of the molecule is COc1cccc(CC(=O)Nc2ccc3ncoc3c2)c1. The fourth-order valence-electron chi connectivity index (χ4n) is 2.11. The average molecular weight is 282 g/mol. The highest BCUT2D eigenvalue weighted by atomic mass is 16.5. The Hall–Kier alpha value is -2.82. The molecule has 0 saturated carbocycles. The lowest BCUT2D eigenvalue weighted by molar-refractivity contribution is -0.115. The van der Waals surface area contributed by atoms with Crippen molar-refractivity contribution in [3.8, 4) is 5.75 Å². The molecule has 1 N–H and O–H groups in total. The lowest BCUT2D eigenvalue weighted by Gasteiger charge is -2.06. The second kappa shape index (κ2) is 5.66. The van der Waals surface area contributed by atoms with E-state index >= 15 is 0 Å². The minimum atomic E-state index is -0.0953. The van der Waals surface area contributed by atoms with E-state index in [1.54, 1.807) is 25.3 Å². The quantitative estimate of drug-likeness (QED) is 0.799. The van der Waals surface area contributed by atoms with Crippen LogP contribution in [0.1, 0.15) is 5.56 Å². The molecule has 0 fully saturated rings. The molecule has 0 aliphatic rings. The maximum Gasteiger partial charge on any atom is 0.228 e. The zero-order valence-corrected chi connectivity index (χ0v) is 11.5. The van der Waals surface area contributed by atoms with Gasteiger partial charge >= 0.3 is 0 Å². The Bertz CT molecular complexity index is 780. The van der Waals surface area contributed by atoms with Gasteiger partial charge < -0.3 is 14.5 Å². The average Bonchev–Trinajstić information content (AvgIpc) is 2.95. The van der Waals surface area contributed by atoms with E-state index < -0.39 is 0 Å². The third-order valence-electron chi connectivity index (χ3n) is 3.11. The molecule has 2 aromatic carbocycles. The summed E-state index contributed by atoms with van der Waals surface area (Å²) < 4.78 is 10.4. The molecule has 0 bridgehead atoms. The molecule has 5 nitrogen and oxygen atoms in total. The summed E-state index contributed by atoms with van der Waals surface area (Å²) >= 11 is 0. The third-order valence-corrected chi connectivity index (χ3v) is 3.11. The van der Waals surface area contributed by atoms with Crippen LogP contribution in [0.15, 0.2) is 53.3 Å². The Morgan fingerprint density at radius 2 is 2.19 bits per heavy atom. The number of oxazole rings is 1. The highest BCUT2D eigenvalue weighted by Gasteiger charge is 2.07. The molecule has 0 unspecified atom stereocenters. The maximum absolute atomic E-state index is 12.1. The smallest absolute Gasteiger partial charge is 0.228 e. The number of nitrogens with one attached hydrogen (secondary N) is 1. The van der Waals surface area contributed by atoms with Crippen molar-refractivity contribution in [3.63, 3.8) is 0 Å². The van der Waals surface area contributed by atoms with E-state index in [4.69, 9.17) is 9.15 Å². The van der Waals surface area contributed by atoms with Gasteiger partial charge in [0.25, 0.3) is 0 Å². The number of benzene rings is 2. The monoisotopic (exact) mass is 282 g/mol. The van der Waals surface area contributed by atoms with Crippen LogP contribution in [-0.2, 0) is 11.2 Å². The third kappa shape index (κ3) is 3.02. The minimum absolute atomic E-state index is 0.0953. The number of aromatic nitrogens is 1. The Labute approximate surface area is 121 Å².